The standard InChI is InChI=1S/C12H9NO2S/c14-12(15)7-5-9-4-6-11(16-9)10-3-1-2-8-13-10/h1-8H,(H,14,15)/b7-5+. The lowest BCUT2D eigenvalue weighted by Crippen LogP contribution is -1.84. The molecule has 0 amide bonds. The Morgan fingerprint density at radius 3 is 2.88 bits per heavy atom. The van der Waals surface area contributed by atoms with Gasteiger partial charge in [0.25, 0.3) is 0 Å². The summed E-state index contributed by atoms with van der Waals surface area (Å²) < 4.78 is 0. The smallest absolute Gasteiger partial charge is 0.328 e. The normalized spacial score (nSPS) is 10.8. The minimum absolute atomic E-state index is 0.905. The molecule has 0 saturated carbocycles. The van der Waals surface area contributed by atoms with Crippen LogP contribution in [-0.4, -0.2) is 16.1 Å². The van der Waals surface area contributed by atoms with Crippen LogP contribution >= 0.6 is 11.3 Å². The molecule has 2 aromatic heterocycles. The topological polar surface area (TPSA) is 50.2 Å². The highest BCUT2D eigenvalue weighted by Gasteiger charge is 2.01. The number of rotatable bonds is 3. The molecule has 0 fully saturated rings. The van der Waals surface area contributed by atoms with E-state index in [1.807, 2.05) is 30.3 Å². The van der Waals surface area contributed by atoms with Crippen molar-refractivity contribution in [2.24, 2.45) is 0 Å². The first-order valence-electron chi connectivity index (χ1n) is 4.68. The largest absolute Gasteiger partial charge is 0.478 e. The number of hydrogen-bond donors (Lipinski definition) is 1. The first kappa shape index (κ1) is 10.6. The van der Waals surface area contributed by atoms with Gasteiger partial charge in [-0.1, -0.05) is 6.07 Å². The minimum Gasteiger partial charge on any atom is -0.478 e. The number of nitrogens with zero attached hydrogens (tertiary/aromatic N) is 1. The van der Waals surface area contributed by atoms with Gasteiger partial charge in [-0.3, -0.25) is 4.98 Å². The van der Waals surface area contributed by atoms with Gasteiger partial charge >= 0.3 is 5.97 Å². The van der Waals surface area contributed by atoms with E-state index in [2.05, 4.69) is 4.98 Å². The molecule has 16 heavy (non-hydrogen) atoms. The Morgan fingerprint density at radius 2 is 2.19 bits per heavy atom. The first-order valence-corrected chi connectivity index (χ1v) is 5.49. The number of aliphatic carboxylic acids is 1. The van der Waals surface area contributed by atoms with E-state index in [4.69, 9.17) is 5.11 Å². The quantitative estimate of drug-likeness (QED) is 0.826. The van der Waals surface area contributed by atoms with Crippen molar-refractivity contribution in [2.45, 2.75) is 0 Å². The second kappa shape index (κ2) is 4.72. The third kappa shape index (κ3) is 2.55. The maximum Gasteiger partial charge on any atom is 0.328 e. The molecule has 2 heterocycles. The van der Waals surface area contributed by atoms with E-state index >= 15 is 0 Å². The molecule has 2 rings (SSSR count). The first-order chi connectivity index (χ1) is 7.75. The molecule has 0 bridgehead atoms. The van der Waals surface area contributed by atoms with Crippen LogP contribution in [0.3, 0.4) is 0 Å². The minimum atomic E-state index is -0.937. The van der Waals surface area contributed by atoms with Crippen LogP contribution in [0.1, 0.15) is 4.88 Å². The van der Waals surface area contributed by atoms with Gasteiger partial charge in [-0.25, -0.2) is 4.79 Å². The van der Waals surface area contributed by atoms with Crippen molar-refractivity contribution in [3.63, 3.8) is 0 Å². The van der Waals surface area contributed by atoms with Crippen molar-refractivity contribution in [3.8, 4) is 10.6 Å². The molecular weight excluding hydrogens is 222 g/mol. The molecule has 2 aromatic rings. The van der Waals surface area contributed by atoms with Gasteiger partial charge < -0.3 is 5.11 Å². The molecule has 1 N–H and O–H groups in total. The molecule has 0 aliphatic heterocycles. The molecule has 0 atom stereocenters. The van der Waals surface area contributed by atoms with Crippen molar-refractivity contribution in [2.75, 3.05) is 0 Å². The van der Waals surface area contributed by atoms with Gasteiger partial charge in [0.1, 0.15) is 0 Å². The summed E-state index contributed by atoms with van der Waals surface area (Å²) in [7, 11) is 0. The van der Waals surface area contributed by atoms with Crippen molar-refractivity contribution in [1.29, 1.82) is 0 Å². The van der Waals surface area contributed by atoms with Gasteiger partial charge in [0, 0.05) is 17.2 Å². The predicted octanol–water partition coefficient (Wildman–Crippen LogP) is 2.91. The summed E-state index contributed by atoms with van der Waals surface area (Å²) in [5, 5.41) is 8.50. The van der Waals surface area contributed by atoms with Crippen LogP contribution in [0, 0.1) is 0 Å². The van der Waals surface area contributed by atoms with Gasteiger partial charge in [-0.15, -0.1) is 11.3 Å². The zero-order chi connectivity index (χ0) is 11.4. The highest BCUT2D eigenvalue weighted by atomic mass is 32.1. The van der Waals surface area contributed by atoms with E-state index < -0.39 is 5.97 Å². The van der Waals surface area contributed by atoms with E-state index in [0.29, 0.717) is 0 Å². The van der Waals surface area contributed by atoms with E-state index in [-0.39, 0.29) is 0 Å². The van der Waals surface area contributed by atoms with Gasteiger partial charge in [-0.05, 0) is 30.3 Å². The maximum absolute atomic E-state index is 10.4. The molecule has 0 saturated heterocycles. The lowest BCUT2D eigenvalue weighted by atomic mass is 10.3. The van der Waals surface area contributed by atoms with Crippen LogP contribution in [0.4, 0.5) is 0 Å². The van der Waals surface area contributed by atoms with Crippen LogP contribution in [0.15, 0.2) is 42.6 Å². The van der Waals surface area contributed by atoms with E-state index in [1.54, 1.807) is 12.3 Å². The highest BCUT2D eigenvalue weighted by molar-refractivity contribution is 7.16. The summed E-state index contributed by atoms with van der Waals surface area (Å²) in [4.78, 5) is 16.5. The van der Waals surface area contributed by atoms with Crippen LogP contribution in [0.25, 0.3) is 16.6 Å². The molecule has 4 heteroatoms. The summed E-state index contributed by atoms with van der Waals surface area (Å²) in [6, 6.07) is 9.54. The molecule has 0 aliphatic rings. The van der Waals surface area contributed by atoms with Crippen molar-refractivity contribution in [1.82, 2.24) is 4.98 Å². The Morgan fingerprint density at radius 1 is 1.31 bits per heavy atom. The fourth-order valence-electron chi connectivity index (χ4n) is 1.24. The lowest BCUT2D eigenvalue weighted by Gasteiger charge is -1.92. The fraction of sp³-hybridized carbons (Fsp3) is 0. The van der Waals surface area contributed by atoms with E-state index in [1.165, 1.54) is 11.3 Å². The number of carboxylic acid groups (broad SMARTS) is 1. The Hall–Kier alpha value is -1.94. The fourth-order valence-corrected chi connectivity index (χ4v) is 2.13. The molecule has 0 aliphatic carbocycles. The number of aromatic nitrogens is 1. The third-order valence-corrected chi connectivity index (χ3v) is 3.01. The number of pyridine rings is 1. The summed E-state index contributed by atoms with van der Waals surface area (Å²) in [6.45, 7) is 0. The van der Waals surface area contributed by atoms with Crippen LogP contribution in [0.5, 0.6) is 0 Å². The Bertz CT molecular complexity index is 517. The zero-order valence-electron chi connectivity index (χ0n) is 8.33. The van der Waals surface area contributed by atoms with Crippen LogP contribution in [-0.2, 0) is 4.79 Å². The second-order valence-corrected chi connectivity index (χ2v) is 4.20. The Balaban J connectivity index is 2.23. The molecule has 0 spiro atoms. The lowest BCUT2D eigenvalue weighted by molar-refractivity contribution is -0.131. The van der Waals surface area contributed by atoms with Crippen molar-refractivity contribution >= 4 is 23.4 Å². The maximum atomic E-state index is 10.4. The highest BCUT2D eigenvalue weighted by Crippen LogP contribution is 2.26. The average molecular weight is 231 g/mol. The molecule has 3 nitrogen and oxygen atoms in total. The Labute approximate surface area is 96.7 Å². The monoisotopic (exact) mass is 231 g/mol. The van der Waals surface area contributed by atoms with Gasteiger partial charge in [0.2, 0.25) is 0 Å². The number of hydrogen-bond acceptors (Lipinski definition) is 3. The molecule has 0 unspecified atom stereocenters. The SMILES string of the molecule is O=C(O)/C=C/c1ccc(-c2ccccn2)s1. The van der Waals surface area contributed by atoms with Crippen LogP contribution in [0.2, 0.25) is 0 Å². The van der Waals surface area contributed by atoms with Gasteiger partial charge in [0.05, 0.1) is 10.6 Å². The number of thiophene rings is 1. The van der Waals surface area contributed by atoms with Crippen LogP contribution < -0.4 is 0 Å². The summed E-state index contributed by atoms with van der Waals surface area (Å²) >= 11 is 1.52. The Kier molecular flexibility index (Phi) is 3.12. The molecular formula is C12H9NO2S. The molecule has 80 valence electrons. The van der Waals surface area contributed by atoms with Crippen molar-refractivity contribution in [3.05, 3.63) is 47.5 Å². The summed E-state index contributed by atoms with van der Waals surface area (Å²) in [6.07, 6.45) is 4.45. The molecule has 0 aromatic carbocycles. The number of carbonyl (C=O) groups is 1. The predicted molar refractivity (Wildman–Crippen MR) is 64.2 cm³/mol. The summed E-state index contributed by atoms with van der Waals surface area (Å²) in [5.74, 6) is -0.937. The summed E-state index contributed by atoms with van der Waals surface area (Å²) in [5.41, 5.74) is 0.905. The van der Waals surface area contributed by atoms with Gasteiger partial charge in [0.15, 0.2) is 0 Å². The average Bonchev–Trinajstić information content (AvgIpc) is 2.76. The zero-order valence-corrected chi connectivity index (χ0v) is 9.15. The van der Waals surface area contributed by atoms with Gasteiger partial charge in [-0.2, -0.15) is 0 Å². The van der Waals surface area contributed by atoms with Crippen molar-refractivity contribution < 1.29 is 9.90 Å². The molecule has 0 radical (unpaired) electrons. The number of carboxylic acids is 1. The van der Waals surface area contributed by atoms with E-state index in [9.17, 15) is 4.79 Å². The third-order valence-electron chi connectivity index (χ3n) is 1.93. The van der Waals surface area contributed by atoms with E-state index in [0.717, 1.165) is 21.5 Å². The second-order valence-electron chi connectivity index (χ2n) is 3.09.